The number of aromatic nitrogens is 2. The number of aliphatic imine (C=N–C) groups is 1. The Bertz CT molecular complexity index is 925. The van der Waals surface area contributed by atoms with E-state index < -0.39 is 0 Å². The second-order valence-electron chi connectivity index (χ2n) is 6.43. The van der Waals surface area contributed by atoms with Gasteiger partial charge in [-0.3, -0.25) is 0 Å². The fourth-order valence-corrected chi connectivity index (χ4v) is 3.11. The number of amidine groups is 1. The number of ether oxygens (including phenoxy) is 1. The van der Waals surface area contributed by atoms with E-state index in [4.69, 9.17) is 9.72 Å². The molecule has 0 saturated carbocycles. The highest BCUT2D eigenvalue weighted by Gasteiger charge is 2.09. The van der Waals surface area contributed by atoms with Crippen LogP contribution in [0.3, 0.4) is 0 Å². The average Bonchev–Trinajstić information content (AvgIpc) is 3.22. The van der Waals surface area contributed by atoms with Gasteiger partial charge in [0.05, 0.1) is 12.2 Å². The number of rotatable bonds is 4. The van der Waals surface area contributed by atoms with Gasteiger partial charge in [-0.15, -0.1) is 0 Å². The van der Waals surface area contributed by atoms with Crippen molar-refractivity contribution in [3.05, 3.63) is 65.1 Å². The van der Waals surface area contributed by atoms with Gasteiger partial charge in [0.1, 0.15) is 12.3 Å². The SMILES string of the molecule is Cc1ccn2c(C)c(CCc3ccc(NC4=NCCO4)cc3)nc2c1. The van der Waals surface area contributed by atoms with Crippen molar-refractivity contribution in [2.75, 3.05) is 18.5 Å². The number of benzene rings is 1. The Hall–Kier alpha value is -2.82. The van der Waals surface area contributed by atoms with Crippen LogP contribution in [0.1, 0.15) is 22.5 Å². The number of pyridine rings is 1. The molecule has 0 bridgehead atoms. The lowest BCUT2D eigenvalue weighted by atomic mass is 10.1. The molecule has 1 aromatic carbocycles. The molecule has 25 heavy (non-hydrogen) atoms. The molecule has 0 unspecified atom stereocenters. The predicted molar refractivity (Wildman–Crippen MR) is 100 cm³/mol. The normalized spacial score (nSPS) is 13.8. The third-order valence-electron chi connectivity index (χ3n) is 4.56. The first-order valence-corrected chi connectivity index (χ1v) is 8.66. The zero-order chi connectivity index (χ0) is 17.2. The summed E-state index contributed by atoms with van der Waals surface area (Å²) < 4.78 is 7.54. The standard InChI is InChI=1S/C20H22N4O/c1-14-9-11-24-15(2)18(23-19(24)13-14)8-5-16-3-6-17(7-4-16)22-20-21-10-12-25-20/h3-4,6-7,9,11,13H,5,8,10,12H2,1-2H3,(H,21,22). The zero-order valence-electron chi connectivity index (χ0n) is 14.6. The van der Waals surface area contributed by atoms with E-state index in [0.29, 0.717) is 12.6 Å². The van der Waals surface area contributed by atoms with E-state index >= 15 is 0 Å². The van der Waals surface area contributed by atoms with Gasteiger partial charge in [0.15, 0.2) is 0 Å². The van der Waals surface area contributed by atoms with Crippen LogP contribution in [-0.2, 0) is 17.6 Å². The van der Waals surface area contributed by atoms with Gasteiger partial charge in [0.25, 0.3) is 6.02 Å². The number of hydrogen-bond donors (Lipinski definition) is 1. The highest BCUT2D eigenvalue weighted by molar-refractivity contribution is 5.89. The summed E-state index contributed by atoms with van der Waals surface area (Å²) in [4.78, 5) is 9.03. The Morgan fingerprint density at radius 3 is 2.72 bits per heavy atom. The lowest BCUT2D eigenvalue weighted by molar-refractivity contribution is 0.346. The maximum absolute atomic E-state index is 5.37. The largest absolute Gasteiger partial charge is 0.463 e. The van der Waals surface area contributed by atoms with Gasteiger partial charge >= 0.3 is 0 Å². The minimum atomic E-state index is 0.614. The molecule has 0 saturated heterocycles. The highest BCUT2D eigenvalue weighted by Crippen LogP contribution is 2.17. The molecule has 0 radical (unpaired) electrons. The summed E-state index contributed by atoms with van der Waals surface area (Å²) in [5, 5.41) is 3.19. The molecule has 3 aromatic rings. The number of hydrogen-bond acceptors (Lipinski definition) is 4. The van der Waals surface area contributed by atoms with Crippen molar-refractivity contribution in [1.29, 1.82) is 0 Å². The summed E-state index contributed by atoms with van der Waals surface area (Å²) in [6, 6.07) is 13.3. The van der Waals surface area contributed by atoms with Crippen LogP contribution in [0.5, 0.6) is 0 Å². The highest BCUT2D eigenvalue weighted by atomic mass is 16.5. The van der Waals surface area contributed by atoms with Crippen LogP contribution in [0.15, 0.2) is 47.6 Å². The van der Waals surface area contributed by atoms with Crippen LogP contribution in [0.2, 0.25) is 0 Å². The molecule has 4 rings (SSSR count). The van der Waals surface area contributed by atoms with Gasteiger partial charge in [-0.2, -0.15) is 0 Å². The Kier molecular flexibility index (Phi) is 4.14. The fourth-order valence-electron chi connectivity index (χ4n) is 3.11. The van der Waals surface area contributed by atoms with Crippen LogP contribution < -0.4 is 5.32 Å². The molecule has 0 amide bonds. The summed E-state index contributed by atoms with van der Waals surface area (Å²) >= 11 is 0. The first-order chi connectivity index (χ1) is 12.2. The summed E-state index contributed by atoms with van der Waals surface area (Å²) in [7, 11) is 0. The van der Waals surface area contributed by atoms with Gasteiger partial charge in [-0.05, 0) is 62.1 Å². The number of imidazole rings is 1. The number of aryl methyl sites for hydroxylation is 4. The summed E-state index contributed by atoms with van der Waals surface area (Å²) in [6.07, 6.45) is 4.02. The smallest absolute Gasteiger partial charge is 0.289 e. The molecule has 2 aromatic heterocycles. The van der Waals surface area contributed by atoms with Crippen LogP contribution in [0, 0.1) is 13.8 Å². The molecule has 128 valence electrons. The number of nitrogens with one attached hydrogen (secondary N) is 1. The summed E-state index contributed by atoms with van der Waals surface area (Å²) in [5.41, 5.74) is 6.97. The van der Waals surface area contributed by atoms with Gasteiger partial charge in [-0.25, -0.2) is 9.98 Å². The minimum absolute atomic E-state index is 0.614. The first-order valence-electron chi connectivity index (χ1n) is 8.66. The van der Waals surface area contributed by atoms with Crippen molar-refractivity contribution in [1.82, 2.24) is 9.38 Å². The molecule has 0 spiro atoms. The quantitative estimate of drug-likeness (QED) is 0.794. The topological polar surface area (TPSA) is 50.9 Å². The lowest BCUT2D eigenvalue weighted by Gasteiger charge is -2.07. The van der Waals surface area contributed by atoms with Crippen molar-refractivity contribution in [2.24, 2.45) is 4.99 Å². The third kappa shape index (κ3) is 3.36. The zero-order valence-corrected chi connectivity index (χ0v) is 14.6. The fraction of sp³-hybridized carbons (Fsp3) is 0.300. The third-order valence-corrected chi connectivity index (χ3v) is 4.56. The van der Waals surface area contributed by atoms with Crippen LogP contribution in [0.25, 0.3) is 5.65 Å². The summed E-state index contributed by atoms with van der Waals surface area (Å²) in [5.74, 6) is 0. The molecule has 1 aliphatic heterocycles. The summed E-state index contributed by atoms with van der Waals surface area (Å²) in [6.45, 7) is 5.64. The van der Waals surface area contributed by atoms with Gasteiger partial charge in [-0.1, -0.05) is 12.1 Å². The monoisotopic (exact) mass is 334 g/mol. The van der Waals surface area contributed by atoms with Crippen molar-refractivity contribution in [3.8, 4) is 0 Å². The van der Waals surface area contributed by atoms with E-state index in [0.717, 1.165) is 30.7 Å². The maximum atomic E-state index is 5.37. The molecular weight excluding hydrogens is 312 g/mol. The Labute approximate surface area is 147 Å². The first kappa shape index (κ1) is 15.7. The van der Waals surface area contributed by atoms with Gasteiger partial charge in [0.2, 0.25) is 0 Å². The molecule has 5 heteroatoms. The van der Waals surface area contributed by atoms with Crippen molar-refractivity contribution < 1.29 is 4.74 Å². The lowest BCUT2D eigenvalue weighted by Crippen LogP contribution is -2.11. The Morgan fingerprint density at radius 1 is 1.12 bits per heavy atom. The van der Waals surface area contributed by atoms with E-state index in [1.165, 1.54) is 22.5 Å². The Morgan fingerprint density at radius 2 is 1.96 bits per heavy atom. The van der Waals surface area contributed by atoms with E-state index in [2.05, 4.69) is 71.2 Å². The van der Waals surface area contributed by atoms with Crippen LogP contribution in [-0.4, -0.2) is 28.6 Å². The second kappa shape index (κ2) is 6.59. The van der Waals surface area contributed by atoms with Crippen LogP contribution >= 0.6 is 0 Å². The van der Waals surface area contributed by atoms with E-state index in [1.54, 1.807) is 0 Å². The molecule has 1 N–H and O–H groups in total. The molecule has 0 fully saturated rings. The molecule has 0 atom stereocenters. The Balaban J connectivity index is 1.43. The maximum Gasteiger partial charge on any atom is 0.289 e. The molecular formula is C20H22N4O. The molecule has 0 aliphatic carbocycles. The molecule has 1 aliphatic rings. The van der Waals surface area contributed by atoms with E-state index in [9.17, 15) is 0 Å². The van der Waals surface area contributed by atoms with Crippen LogP contribution in [0.4, 0.5) is 5.69 Å². The minimum Gasteiger partial charge on any atom is -0.463 e. The van der Waals surface area contributed by atoms with Crippen molar-refractivity contribution in [2.45, 2.75) is 26.7 Å². The average molecular weight is 334 g/mol. The van der Waals surface area contributed by atoms with Gasteiger partial charge in [0, 0.05) is 17.6 Å². The number of nitrogens with zero attached hydrogens (tertiary/aromatic N) is 3. The van der Waals surface area contributed by atoms with Crippen molar-refractivity contribution in [3.63, 3.8) is 0 Å². The van der Waals surface area contributed by atoms with E-state index in [-0.39, 0.29) is 0 Å². The van der Waals surface area contributed by atoms with E-state index in [1.807, 2.05) is 0 Å². The molecule has 3 heterocycles. The van der Waals surface area contributed by atoms with Crippen molar-refractivity contribution >= 4 is 17.4 Å². The number of anilines is 1. The second-order valence-corrected chi connectivity index (χ2v) is 6.43. The number of fused-ring (bicyclic) bond motifs is 1. The predicted octanol–water partition coefficient (Wildman–Crippen LogP) is 3.53. The molecule has 5 nitrogen and oxygen atoms in total. The van der Waals surface area contributed by atoms with Gasteiger partial charge < -0.3 is 14.5 Å².